The summed E-state index contributed by atoms with van der Waals surface area (Å²) in [5, 5.41) is 0. The minimum absolute atomic E-state index is 0.0390. The van der Waals surface area contributed by atoms with E-state index < -0.39 is 0 Å². The Labute approximate surface area is 165 Å². The SMILES string of the molecule is Cc1ccc(C(=O)CC(=O)C2CCN(C(=O)OCc3ccccc3)CC2)cc1. The summed E-state index contributed by atoms with van der Waals surface area (Å²) in [5.74, 6) is -0.356. The summed E-state index contributed by atoms with van der Waals surface area (Å²) < 4.78 is 5.34. The van der Waals surface area contributed by atoms with Crippen molar-refractivity contribution in [3.63, 3.8) is 0 Å². The van der Waals surface area contributed by atoms with Gasteiger partial charge >= 0.3 is 6.09 Å². The number of likely N-dealkylation sites (tertiary alicyclic amines) is 1. The van der Waals surface area contributed by atoms with Crippen molar-refractivity contribution in [2.75, 3.05) is 13.1 Å². The van der Waals surface area contributed by atoms with Gasteiger partial charge in [0.05, 0.1) is 6.42 Å². The average Bonchev–Trinajstić information content (AvgIpc) is 2.73. The number of carbonyl (C=O) groups excluding carboxylic acids is 3. The van der Waals surface area contributed by atoms with Crippen molar-refractivity contribution in [3.05, 3.63) is 71.3 Å². The van der Waals surface area contributed by atoms with Crippen LogP contribution in [-0.4, -0.2) is 35.6 Å². The third-order valence-corrected chi connectivity index (χ3v) is 5.12. The van der Waals surface area contributed by atoms with Crippen molar-refractivity contribution in [1.29, 1.82) is 0 Å². The quantitative estimate of drug-likeness (QED) is 0.558. The summed E-state index contributed by atoms with van der Waals surface area (Å²) >= 11 is 0. The smallest absolute Gasteiger partial charge is 0.410 e. The number of carbonyl (C=O) groups is 3. The molecule has 0 aromatic heterocycles. The van der Waals surface area contributed by atoms with Crippen LogP contribution in [0.4, 0.5) is 4.79 Å². The monoisotopic (exact) mass is 379 g/mol. The molecule has 5 nitrogen and oxygen atoms in total. The summed E-state index contributed by atoms with van der Waals surface area (Å²) in [6, 6.07) is 16.8. The molecule has 1 fully saturated rings. The third kappa shape index (κ3) is 5.28. The second kappa shape index (κ2) is 9.31. The van der Waals surface area contributed by atoms with E-state index in [0.717, 1.165) is 11.1 Å². The van der Waals surface area contributed by atoms with Gasteiger partial charge in [0.1, 0.15) is 12.4 Å². The van der Waals surface area contributed by atoms with Crippen LogP contribution < -0.4 is 0 Å². The first kappa shape index (κ1) is 19.8. The van der Waals surface area contributed by atoms with Gasteiger partial charge in [-0.25, -0.2) is 4.79 Å². The number of Topliss-reactive ketones (excluding diaryl/α,β-unsaturated/α-hetero) is 2. The van der Waals surface area contributed by atoms with Crippen LogP contribution in [0.25, 0.3) is 0 Å². The fourth-order valence-corrected chi connectivity index (χ4v) is 3.34. The number of benzene rings is 2. The van der Waals surface area contributed by atoms with Gasteiger partial charge in [-0.3, -0.25) is 9.59 Å². The summed E-state index contributed by atoms with van der Waals surface area (Å²) in [6.45, 7) is 3.15. The Bertz CT molecular complexity index is 821. The van der Waals surface area contributed by atoms with Crippen LogP contribution in [0.5, 0.6) is 0 Å². The number of hydrogen-bond donors (Lipinski definition) is 0. The van der Waals surface area contributed by atoms with Crippen LogP contribution in [0.3, 0.4) is 0 Å². The Morgan fingerprint density at radius 2 is 1.61 bits per heavy atom. The van der Waals surface area contributed by atoms with Crippen molar-refractivity contribution in [1.82, 2.24) is 4.90 Å². The number of ketones is 2. The van der Waals surface area contributed by atoms with Gasteiger partial charge in [0, 0.05) is 24.6 Å². The Hall–Kier alpha value is -2.95. The van der Waals surface area contributed by atoms with Crippen LogP contribution in [0.1, 0.15) is 40.7 Å². The maximum atomic E-state index is 12.5. The van der Waals surface area contributed by atoms with Crippen LogP contribution in [-0.2, 0) is 16.1 Å². The Kier molecular flexibility index (Phi) is 6.58. The molecule has 0 atom stereocenters. The van der Waals surface area contributed by atoms with Crippen LogP contribution in [0.2, 0.25) is 0 Å². The van der Waals surface area contributed by atoms with Crippen LogP contribution >= 0.6 is 0 Å². The molecule has 1 aliphatic rings. The summed E-state index contributed by atoms with van der Waals surface area (Å²) in [4.78, 5) is 38.6. The van der Waals surface area contributed by atoms with Crippen molar-refractivity contribution in [3.8, 4) is 0 Å². The van der Waals surface area contributed by atoms with E-state index in [-0.39, 0.29) is 36.6 Å². The number of piperidine rings is 1. The van der Waals surface area contributed by atoms with Crippen LogP contribution in [0.15, 0.2) is 54.6 Å². The van der Waals surface area contributed by atoms with Crippen LogP contribution in [0, 0.1) is 12.8 Å². The molecule has 0 unspecified atom stereocenters. The third-order valence-electron chi connectivity index (χ3n) is 5.12. The van der Waals surface area contributed by atoms with E-state index in [4.69, 9.17) is 4.74 Å². The molecule has 1 heterocycles. The molecule has 2 aromatic carbocycles. The molecule has 2 aromatic rings. The van der Waals surface area contributed by atoms with Gasteiger partial charge in [0.25, 0.3) is 0 Å². The highest BCUT2D eigenvalue weighted by Crippen LogP contribution is 2.21. The predicted octanol–water partition coefficient (Wildman–Crippen LogP) is 4.19. The molecule has 0 saturated carbocycles. The summed E-state index contributed by atoms with van der Waals surface area (Å²) in [5.41, 5.74) is 2.59. The number of nitrogens with zero attached hydrogens (tertiary/aromatic N) is 1. The first-order valence-electron chi connectivity index (χ1n) is 9.61. The standard InChI is InChI=1S/C23H25NO4/c1-17-7-9-19(10-8-17)21(25)15-22(26)20-11-13-24(14-12-20)23(27)28-16-18-5-3-2-4-6-18/h2-10,20H,11-16H2,1H3. The van der Waals surface area contributed by atoms with Crippen molar-refractivity contribution < 1.29 is 19.1 Å². The number of amides is 1. The second-order valence-corrected chi connectivity index (χ2v) is 7.23. The lowest BCUT2D eigenvalue weighted by Crippen LogP contribution is -2.40. The van der Waals surface area contributed by atoms with Crippen molar-refractivity contribution >= 4 is 17.7 Å². The fourth-order valence-electron chi connectivity index (χ4n) is 3.34. The highest BCUT2D eigenvalue weighted by molar-refractivity contribution is 6.08. The largest absolute Gasteiger partial charge is 0.445 e. The van der Waals surface area contributed by atoms with Gasteiger partial charge < -0.3 is 9.64 Å². The van der Waals surface area contributed by atoms with Gasteiger partial charge in [-0.1, -0.05) is 60.2 Å². The Morgan fingerprint density at radius 3 is 2.25 bits per heavy atom. The molecule has 3 rings (SSSR count). The van der Waals surface area contributed by atoms with E-state index in [2.05, 4.69) is 0 Å². The molecule has 0 aliphatic carbocycles. The van der Waals surface area contributed by atoms with E-state index in [1.165, 1.54) is 0 Å². The molecule has 146 valence electrons. The maximum Gasteiger partial charge on any atom is 0.410 e. The normalized spacial score (nSPS) is 14.5. The topological polar surface area (TPSA) is 63.7 Å². The highest BCUT2D eigenvalue weighted by atomic mass is 16.6. The molecule has 1 amide bonds. The number of rotatable bonds is 6. The van der Waals surface area contributed by atoms with E-state index in [9.17, 15) is 14.4 Å². The summed E-state index contributed by atoms with van der Waals surface area (Å²) in [6.07, 6.45) is 0.707. The van der Waals surface area contributed by atoms with E-state index >= 15 is 0 Å². The highest BCUT2D eigenvalue weighted by Gasteiger charge is 2.29. The lowest BCUT2D eigenvalue weighted by atomic mass is 9.89. The molecule has 1 aliphatic heterocycles. The molecule has 5 heteroatoms. The molecule has 0 bridgehead atoms. The van der Waals surface area contributed by atoms with Gasteiger partial charge in [-0.05, 0) is 25.3 Å². The van der Waals surface area contributed by atoms with Gasteiger partial charge in [-0.2, -0.15) is 0 Å². The zero-order valence-corrected chi connectivity index (χ0v) is 16.1. The molecule has 0 N–H and O–H groups in total. The predicted molar refractivity (Wildman–Crippen MR) is 106 cm³/mol. The number of ether oxygens (including phenoxy) is 1. The molecule has 0 spiro atoms. The van der Waals surface area contributed by atoms with Gasteiger partial charge in [0.15, 0.2) is 5.78 Å². The Balaban J connectivity index is 1.44. The first-order valence-corrected chi connectivity index (χ1v) is 9.61. The lowest BCUT2D eigenvalue weighted by molar-refractivity contribution is -0.123. The average molecular weight is 379 g/mol. The van der Waals surface area contributed by atoms with Crippen molar-refractivity contribution in [2.24, 2.45) is 5.92 Å². The first-order chi connectivity index (χ1) is 13.5. The molecule has 0 radical (unpaired) electrons. The molecular weight excluding hydrogens is 354 g/mol. The summed E-state index contributed by atoms with van der Waals surface area (Å²) in [7, 11) is 0. The van der Waals surface area contributed by atoms with Crippen molar-refractivity contribution in [2.45, 2.75) is 32.8 Å². The maximum absolute atomic E-state index is 12.5. The lowest BCUT2D eigenvalue weighted by Gasteiger charge is -2.30. The minimum atomic E-state index is -0.356. The van der Waals surface area contributed by atoms with E-state index in [1.54, 1.807) is 17.0 Å². The number of aryl methyl sites for hydroxylation is 1. The minimum Gasteiger partial charge on any atom is -0.445 e. The zero-order chi connectivity index (χ0) is 19.9. The molecule has 28 heavy (non-hydrogen) atoms. The fraction of sp³-hybridized carbons (Fsp3) is 0.348. The second-order valence-electron chi connectivity index (χ2n) is 7.23. The van der Waals surface area contributed by atoms with E-state index in [1.807, 2.05) is 49.4 Å². The Morgan fingerprint density at radius 1 is 0.964 bits per heavy atom. The van der Waals surface area contributed by atoms with E-state index in [0.29, 0.717) is 31.5 Å². The van der Waals surface area contributed by atoms with Gasteiger partial charge in [-0.15, -0.1) is 0 Å². The van der Waals surface area contributed by atoms with Gasteiger partial charge in [0.2, 0.25) is 0 Å². The molecule has 1 saturated heterocycles. The molecular formula is C23H25NO4. The number of hydrogen-bond acceptors (Lipinski definition) is 4. The zero-order valence-electron chi connectivity index (χ0n) is 16.1.